The van der Waals surface area contributed by atoms with Crippen molar-refractivity contribution in [2.45, 2.75) is 26.7 Å². The molecule has 1 aromatic heterocycles. The van der Waals surface area contributed by atoms with Gasteiger partial charge in [0, 0.05) is 32.1 Å². The first-order valence-electron chi connectivity index (χ1n) is 7.26. The molecule has 0 unspecified atom stereocenters. The molecule has 6 heteroatoms. The van der Waals surface area contributed by atoms with E-state index in [2.05, 4.69) is 10.3 Å². The van der Waals surface area contributed by atoms with Crippen LogP contribution in [-0.2, 0) is 9.59 Å². The highest BCUT2D eigenvalue weighted by Crippen LogP contribution is 2.24. The van der Waals surface area contributed by atoms with Crippen molar-refractivity contribution in [3.05, 3.63) is 18.3 Å². The summed E-state index contributed by atoms with van der Waals surface area (Å²) in [6, 6.07) is 3.54. The Morgan fingerprint density at radius 1 is 1.43 bits per heavy atom. The number of likely N-dealkylation sites (tertiary alicyclic amines) is 1. The van der Waals surface area contributed by atoms with Crippen LogP contribution in [0.4, 0.5) is 5.69 Å². The number of pyridine rings is 1. The molecule has 2 heterocycles. The minimum Gasteiger partial charge on any atom is -0.476 e. The minimum atomic E-state index is -0.0738. The van der Waals surface area contributed by atoms with Gasteiger partial charge in [-0.3, -0.25) is 9.59 Å². The molecule has 1 aromatic rings. The van der Waals surface area contributed by atoms with Crippen LogP contribution in [0.3, 0.4) is 0 Å². The number of carbonyl (C=O) groups is 2. The predicted octanol–water partition coefficient (Wildman–Crippen LogP) is 1.68. The van der Waals surface area contributed by atoms with Gasteiger partial charge in [0.2, 0.25) is 17.7 Å². The third-order valence-electron chi connectivity index (χ3n) is 3.62. The molecule has 114 valence electrons. The Kier molecular flexibility index (Phi) is 5.14. The van der Waals surface area contributed by atoms with Gasteiger partial charge < -0.3 is 15.0 Å². The van der Waals surface area contributed by atoms with Crippen LogP contribution in [0.2, 0.25) is 0 Å². The second-order valence-electron chi connectivity index (χ2n) is 5.06. The van der Waals surface area contributed by atoms with E-state index in [9.17, 15) is 9.59 Å². The standard InChI is InChI=1S/C15H21N3O3/c1-3-21-15-13(5-4-8-16-15)17-14(20)12-6-9-18(10-7-12)11(2)19/h4-5,8,12H,3,6-7,9-10H2,1-2H3,(H,17,20). The van der Waals surface area contributed by atoms with Crippen LogP contribution >= 0.6 is 0 Å². The lowest BCUT2D eigenvalue weighted by molar-refractivity contribution is -0.132. The van der Waals surface area contributed by atoms with Gasteiger partial charge in [-0.25, -0.2) is 4.98 Å². The van der Waals surface area contributed by atoms with Gasteiger partial charge in [0.1, 0.15) is 5.69 Å². The molecule has 1 saturated heterocycles. The number of hydrogen-bond donors (Lipinski definition) is 1. The number of carbonyl (C=O) groups excluding carboxylic acids is 2. The summed E-state index contributed by atoms with van der Waals surface area (Å²) < 4.78 is 5.40. The molecule has 0 aliphatic carbocycles. The fourth-order valence-electron chi connectivity index (χ4n) is 2.43. The Morgan fingerprint density at radius 2 is 2.14 bits per heavy atom. The lowest BCUT2D eigenvalue weighted by atomic mass is 9.96. The second kappa shape index (κ2) is 7.06. The van der Waals surface area contributed by atoms with Gasteiger partial charge in [-0.05, 0) is 31.9 Å². The van der Waals surface area contributed by atoms with Gasteiger partial charge in [0.15, 0.2) is 0 Å². The minimum absolute atomic E-state index is 0.0350. The van der Waals surface area contributed by atoms with Crippen LogP contribution in [0.5, 0.6) is 5.88 Å². The summed E-state index contributed by atoms with van der Waals surface area (Å²) in [5.41, 5.74) is 0.596. The van der Waals surface area contributed by atoms with Crippen LogP contribution in [-0.4, -0.2) is 41.4 Å². The number of hydrogen-bond acceptors (Lipinski definition) is 4. The Hall–Kier alpha value is -2.11. The highest BCUT2D eigenvalue weighted by Gasteiger charge is 2.26. The van der Waals surface area contributed by atoms with Crippen molar-refractivity contribution in [1.82, 2.24) is 9.88 Å². The van der Waals surface area contributed by atoms with Gasteiger partial charge in [-0.2, -0.15) is 0 Å². The van der Waals surface area contributed by atoms with Crippen molar-refractivity contribution < 1.29 is 14.3 Å². The van der Waals surface area contributed by atoms with Gasteiger partial charge in [0.05, 0.1) is 6.61 Å². The molecule has 2 rings (SSSR count). The first kappa shape index (κ1) is 15.3. The van der Waals surface area contributed by atoms with Crippen molar-refractivity contribution >= 4 is 17.5 Å². The SMILES string of the molecule is CCOc1ncccc1NC(=O)C1CCN(C(C)=O)CC1. The number of ether oxygens (including phenoxy) is 1. The monoisotopic (exact) mass is 291 g/mol. The third-order valence-corrected chi connectivity index (χ3v) is 3.62. The zero-order valence-corrected chi connectivity index (χ0v) is 12.5. The summed E-state index contributed by atoms with van der Waals surface area (Å²) in [4.78, 5) is 29.5. The third kappa shape index (κ3) is 3.93. The summed E-state index contributed by atoms with van der Waals surface area (Å²) in [7, 11) is 0. The normalized spacial score (nSPS) is 15.6. The van der Waals surface area contributed by atoms with Crippen molar-refractivity contribution in [2.24, 2.45) is 5.92 Å². The molecule has 0 saturated carbocycles. The summed E-state index contributed by atoms with van der Waals surface area (Å²) in [6.45, 7) is 5.20. The molecular formula is C15H21N3O3. The van der Waals surface area contributed by atoms with Crippen molar-refractivity contribution in [3.63, 3.8) is 0 Å². The fourth-order valence-corrected chi connectivity index (χ4v) is 2.43. The topological polar surface area (TPSA) is 71.5 Å². The highest BCUT2D eigenvalue weighted by atomic mass is 16.5. The molecule has 1 fully saturated rings. The Labute approximate surface area is 124 Å². The van der Waals surface area contributed by atoms with E-state index in [0.717, 1.165) is 0 Å². The molecule has 6 nitrogen and oxygen atoms in total. The summed E-state index contributed by atoms with van der Waals surface area (Å²) >= 11 is 0. The van der Waals surface area contributed by atoms with Crippen LogP contribution in [0.1, 0.15) is 26.7 Å². The molecular weight excluding hydrogens is 270 g/mol. The van der Waals surface area contributed by atoms with E-state index >= 15 is 0 Å². The number of anilines is 1. The van der Waals surface area contributed by atoms with Crippen molar-refractivity contribution in [2.75, 3.05) is 25.0 Å². The van der Waals surface area contributed by atoms with E-state index in [1.54, 1.807) is 30.2 Å². The molecule has 2 amide bonds. The lowest BCUT2D eigenvalue weighted by Crippen LogP contribution is -2.40. The van der Waals surface area contributed by atoms with Crippen molar-refractivity contribution in [3.8, 4) is 5.88 Å². The molecule has 1 aliphatic rings. The molecule has 1 aliphatic heterocycles. The van der Waals surface area contributed by atoms with Crippen LogP contribution < -0.4 is 10.1 Å². The van der Waals surface area contributed by atoms with E-state index < -0.39 is 0 Å². The number of aromatic nitrogens is 1. The van der Waals surface area contributed by atoms with E-state index in [0.29, 0.717) is 44.1 Å². The fraction of sp³-hybridized carbons (Fsp3) is 0.533. The van der Waals surface area contributed by atoms with Crippen LogP contribution in [0, 0.1) is 5.92 Å². The molecule has 21 heavy (non-hydrogen) atoms. The summed E-state index contributed by atoms with van der Waals surface area (Å²) in [5, 5.41) is 2.88. The number of rotatable bonds is 4. The average Bonchev–Trinajstić information content (AvgIpc) is 2.49. The molecule has 0 atom stereocenters. The molecule has 0 aromatic carbocycles. The Morgan fingerprint density at radius 3 is 2.76 bits per heavy atom. The largest absolute Gasteiger partial charge is 0.476 e. The number of piperidine rings is 1. The van der Waals surface area contributed by atoms with Crippen molar-refractivity contribution in [1.29, 1.82) is 0 Å². The number of nitrogens with one attached hydrogen (secondary N) is 1. The average molecular weight is 291 g/mol. The first-order valence-corrected chi connectivity index (χ1v) is 7.26. The second-order valence-corrected chi connectivity index (χ2v) is 5.06. The van der Waals surface area contributed by atoms with E-state index in [4.69, 9.17) is 4.74 Å². The number of amides is 2. The maximum absolute atomic E-state index is 12.3. The van der Waals surface area contributed by atoms with Gasteiger partial charge >= 0.3 is 0 Å². The smallest absolute Gasteiger partial charge is 0.237 e. The Bertz CT molecular complexity index is 511. The van der Waals surface area contributed by atoms with Crippen LogP contribution in [0.15, 0.2) is 18.3 Å². The maximum Gasteiger partial charge on any atom is 0.237 e. The zero-order chi connectivity index (χ0) is 15.2. The maximum atomic E-state index is 12.3. The van der Waals surface area contributed by atoms with Gasteiger partial charge in [-0.15, -0.1) is 0 Å². The van der Waals surface area contributed by atoms with E-state index in [-0.39, 0.29) is 17.7 Å². The zero-order valence-electron chi connectivity index (χ0n) is 12.5. The molecule has 0 radical (unpaired) electrons. The highest BCUT2D eigenvalue weighted by molar-refractivity contribution is 5.93. The van der Waals surface area contributed by atoms with E-state index in [1.807, 2.05) is 6.92 Å². The van der Waals surface area contributed by atoms with Crippen LogP contribution in [0.25, 0.3) is 0 Å². The summed E-state index contributed by atoms with van der Waals surface area (Å²) in [5.74, 6) is 0.400. The van der Waals surface area contributed by atoms with Gasteiger partial charge in [0.25, 0.3) is 0 Å². The lowest BCUT2D eigenvalue weighted by Gasteiger charge is -2.30. The molecule has 1 N–H and O–H groups in total. The van der Waals surface area contributed by atoms with E-state index in [1.165, 1.54) is 0 Å². The Balaban J connectivity index is 1.95. The first-order chi connectivity index (χ1) is 10.1. The predicted molar refractivity (Wildman–Crippen MR) is 79.0 cm³/mol. The summed E-state index contributed by atoms with van der Waals surface area (Å²) in [6.07, 6.45) is 3.01. The van der Waals surface area contributed by atoms with Gasteiger partial charge in [-0.1, -0.05) is 0 Å². The molecule has 0 bridgehead atoms. The number of nitrogens with zero attached hydrogens (tertiary/aromatic N) is 2. The molecule has 0 spiro atoms. The quantitative estimate of drug-likeness (QED) is 0.916.